The fourth-order valence-corrected chi connectivity index (χ4v) is 3.23. The van der Waals surface area contributed by atoms with Gasteiger partial charge in [-0.2, -0.15) is 0 Å². The van der Waals surface area contributed by atoms with Crippen LogP contribution in [0.4, 0.5) is 4.39 Å². The van der Waals surface area contributed by atoms with Crippen LogP contribution in [-0.4, -0.2) is 17.1 Å². The molecule has 4 nitrogen and oxygen atoms in total. The number of rotatable bonds is 4. The summed E-state index contributed by atoms with van der Waals surface area (Å²) in [6, 6.07) is 8.34. The zero-order valence-electron chi connectivity index (χ0n) is 11.4. The summed E-state index contributed by atoms with van der Waals surface area (Å²) in [5.41, 5.74) is 7.05. The molecule has 2 heterocycles. The van der Waals surface area contributed by atoms with Gasteiger partial charge < -0.3 is 10.5 Å². The van der Waals surface area contributed by atoms with E-state index in [2.05, 4.69) is 9.97 Å². The van der Waals surface area contributed by atoms with E-state index in [1.165, 1.54) is 29.8 Å². The van der Waals surface area contributed by atoms with E-state index in [4.69, 9.17) is 10.5 Å². The van der Waals surface area contributed by atoms with Crippen LogP contribution in [0.3, 0.4) is 0 Å². The molecule has 0 bridgehead atoms. The van der Waals surface area contributed by atoms with Gasteiger partial charge in [0.15, 0.2) is 0 Å². The van der Waals surface area contributed by atoms with E-state index in [0.29, 0.717) is 12.3 Å². The molecule has 3 aromatic rings. The minimum atomic E-state index is -0.231. The number of aromatic nitrogens is 2. The summed E-state index contributed by atoms with van der Waals surface area (Å²) < 4.78 is 19.2. The number of halogens is 1. The topological polar surface area (TPSA) is 61.0 Å². The lowest BCUT2D eigenvalue weighted by Crippen LogP contribution is -2.12. The highest BCUT2D eigenvalue weighted by Crippen LogP contribution is 2.30. The summed E-state index contributed by atoms with van der Waals surface area (Å²) in [7, 11) is 1.56. The second-order valence-electron chi connectivity index (χ2n) is 4.69. The molecule has 0 fully saturated rings. The molecule has 21 heavy (non-hydrogen) atoms. The Labute approximate surface area is 125 Å². The molecule has 1 aromatic carbocycles. The van der Waals surface area contributed by atoms with Gasteiger partial charge in [0.2, 0.25) is 5.88 Å². The summed E-state index contributed by atoms with van der Waals surface area (Å²) in [4.78, 5) is 9.17. The Morgan fingerprint density at radius 2 is 2.14 bits per heavy atom. The van der Waals surface area contributed by atoms with Gasteiger partial charge in [-0.3, -0.25) is 0 Å². The van der Waals surface area contributed by atoms with Crippen molar-refractivity contribution in [3.8, 4) is 5.88 Å². The van der Waals surface area contributed by atoms with Gasteiger partial charge in [-0.1, -0.05) is 6.07 Å². The molecule has 2 aromatic heterocycles. The zero-order chi connectivity index (χ0) is 14.8. The number of fused-ring (bicyclic) bond motifs is 1. The van der Waals surface area contributed by atoms with E-state index in [-0.39, 0.29) is 11.9 Å². The molecular formula is C15H14FN3OS. The maximum absolute atomic E-state index is 13.2. The zero-order valence-corrected chi connectivity index (χ0v) is 12.2. The van der Waals surface area contributed by atoms with Gasteiger partial charge in [-0.15, -0.1) is 11.3 Å². The van der Waals surface area contributed by atoms with E-state index >= 15 is 0 Å². The number of methoxy groups -OCH3 is 1. The lowest BCUT2D eigenvalue weighted by molar-refractivity contribution is 0.395. The molecule has 1 atom stereocenters. The van der Waals surface area contributed by atoms with Gasteiger partial charge in [0, 0.05) is 33.8 Å². The Balaban J connectivity index is 1.84. The molecule has 2 N–H and O–H groups in total. The average molecular weight is 303 g/mol. The maximum atomic E-state index is 13.2. The van der Waals surface area contributed by atoms with Gasteiger partial charge >= 0.3 is 0 Å². The first-order chi connectivity index (χ1) is 10.2. The Morgan fingerprint density at radius 1 is 1.29 bits per heavy atom. The highest BCUT2D eigenvalue weighted by atomic mass is 32.1. The normalized spacial score (nSPS) is 12.5. The van der Waals surface area contributed by atoms with E-state index in [1.807, 2.05) is 6.07 Å². The summed E-state index contributed by atoms with van der Waals surface area (Å²) in [5, 5.41) is 1.01. The fourth-order valence-electron chi connectivity index (χ4n) is 2.13. The molecule has 0 saturated heterocycles. The average Bonchev–Trinajstić information content (AvgIpc) is 2.90. The van der Waals surface area contributed by atoms with E-state index < -0.39 is 0 Å². The molecule has 3 rings (SSSR count). The van der Waals surface area contributed by atoms with Crippen LogP contribution in [0.1, 0.15) is 16.6 Å². The van der Waals surface area contributed by atoms with Crippen LogP contribution in [0.25, 0.3) is 10.1 Å². The predicted molar refractivity (Wildman–Crippen MR) is 81.0 cm³/mol. The second-order valence-corrected chi connectivity index (χ2v) is 5.81. The number of nitrogens with zero attached hydrogens (tertiary/aromatic N) is 2. The Morgan fingerprint density at radius 3 is 2.95 bits per heavy atom. The summed E-state index contributed by atoms with van der Waals surface area (Å²) in [6.07, 6.45) is 2.04. The SMILES string of the molecule is COc1cc(CC(N)c2cc3ccc(F)cc3s2)ncn1. The number of nitrogens with two attached hydrogens (primary N) is 1. The molecular weight excluding hydrogens is 289 g/mol. The molecule has 0 aliphatic carbocycles. The Bertz CT molecular complexity index is 774. The van der Waals surface area contributed by atoms with Gasteiger partial charge in [0.05, 0.1) is 7.11 Å². The van der Waals surface area contributed by atoms with Crippen molar-refractivity contribution in [2.24, 2.45) is 5.73 Å². The van der Waals surface area contributed by atoms with E-state index in [1.54, 1.807) is 19.2 Å². The molecule has 108 valence electrons. The minimum Gasteiger partial charge on any atom is -0.481 e. The minimum absolute atomic E-state index is 0.190. The molecule has 0 aliphatic rings. The van der Waals surface area contributed by atoms with Crippen molar-refractivity contribution in [2.45, 2.75) is 12.5 Å². The Kier molecular flexibility index (Phi) is 3.81. The molecule has 0 radical (unpaired) electrons. The van der Waals surface area contributed by atoms with Gasteiger partial charge in [0.1, 0.15) is 12.1 Å². The van der Waals surface area contributed by atoms with Crippen LogP contribution >= 0.6 is 11.3 Å². The van der Waals surface area contributed by atoms with Crippen LogP contribution < -0.4 is 10.5 Å². The smallest absolute Gasteiger partial charge is 0.216 e. The van der Waals surface area contributed by atoms with Crippen molar-refractivity contribution in [2.75, 3.05) is 7.11 Å². The van der Waals surface area contributed by atoms with Crippen molar-refractivity contribution < 1.29 is 9.13 Å². The fraction of sp³-hybridized carbons (Fsp3) is 0.200. The lowest BCUT2D eigenvalue weighted by atomic mass is 10.1. The van der Waals surface area contributed by atoms with Gasteiger partial charge in [-0.05, 0) is 23.6 Å². The quantitative estimate of drug-likeness (QED) is 0.804. The third-order valence-corrected chi connectivity index (χ3v) is 4.43. The number of thiophene rings is 1. The van der Waals surface area contributed by atoms with E-state index in [9.17, 15) is 4.39 Å². The van der Waals surface area contributed by atoms with E-state index in [0.717, 1.165) is 20.7 Å². The van der Waals surface area contributed by atoms with Crippen molar-refractivity contribution in [1.82, 2.24) is 9.97 Å². The largest absolute Gasteiger partial charge is 0.481 e. The third kappa shape index (κ3) is 3.01. The van der Waals surface area contributed by atoms with Crippen LogP contribution in [-0.2, 0) is 6.42 Å². The number of hydrogen-bond acceptors (Lipinski definition) is 5. The lowest BCUT2D eigenvalue weighted by Gasteiger charge is -2.09. The number of benzene rings is 1. The van der Waals surface area contributed by atoms with Crippen LogP contribution in [0, 0.1) is 5.82 Å². The van der Waals surface area contributed by atoms with Crippen molar-refractivity contribution in [1.29, 1.82) is 0 Å². The summed E-state index contributed by atoms with van der Waals surface area (Å²) in [6.45, 7) is 0. The monoisotopic (exact) mass is 303 g/mol. The molecule has 0 spiro atoms. The molecule has 1 unspecified atom stereocenters. The van der Waals surface area contributed by atoms with Crippen molar-refractivity contribution in [3.63, 3.8) is 0 Å². The first-order valence-corrected chi connectivity index (χ1v) is 7.27. The number of hydrogen-bond donors (Lipinski definition) is 1. The highest BCUT2D eigenvalue weighted by Gasteiger charge is 2.13. The van der Waals surface area contributed by atoms with Gasteiger partial charge in [0.25, 0.3) is 0 Å². The van der Waals surface area contributed by atoms with Gasteiger partial charge in [-0.25, -0.2) is 14.4 Å². The molecule has 0 amide bonds. The predicted octanol–water partition coefficient (Wildman–Crippen LogP) is 3.08. The van der Waals surface area contributed by atoms with Crippen LogP contribution in [0.15, 0.2) is 36.7 Å². The summed E-state index contributed by atoms with van der Waals surface area (Å²) >= 11 is 1.51. The first kappa shape index (κ1) is 13.9. The first-order valence-electron chi connectivity index (χ1n) is 6.45. The standard InChI is InChI=1S/C15H14FN3OS/c1-20-15-7-11(18-8-19-15)6-12(17)14-4-9-2-3-10(16)5-13(9)21-14/h2-5,7-8,12H,6,17H2,1H3. The van der Waals surface area contributed by atoms with Crippen molar-refractivity contribution >= 4 is 21.4 Å². The molecule has 0 saturated carbocycles. The highest BCUT2D eigenvalue weighted by molar-refractivity contribution is 7.19. The second kappa shape index (κ2) is 5.75. The molecule has 6 heteroatoms. The van der Waals surface area contributed by atoms with Crippen LogP contribution in [0.5, 0.6) is 5.88 Å². The molecule has 0 aliphatic heterocycles. The number of ether oxygens (including phenoxy) is 1. The van der Waals surface area contributed by atoms with Crippen LogP contribution in [0.2, 0.25) is 0 Å². The van der Waals surface area contributed by atoms with Crippen molar-refractivity contribution in [3.05, 3.63) is 53.0 Å². The Hall–Kier alpha value is -2.05. The summed E-state index contributed by atoms with van der Waals surface area (Å²) in [5.74, 6) is 0.288. The maximum Gasteiger partial charge on any atom is 0.216 e. The third-order valence-electron chi connectivity index (χ3n) is 3.20.